The van der Waals surface area contributed by atoms with Crippen molar-refractivity contribution in [2.24, 2.45) is 10.9 Å². The lowest BCUT2D eigenvalue weighted by atomic mass is 10.0. The Hall–Kier alpha value is -1.63. The predicted molar refractivity (Wildman–Crippen MR) is 66.9 cm³/mol. The van der Waals surface area contributed by atoms with Crippen molar-refractivity contribution < 1.29 is 10.0 Å². The van der Waals surface area contributed by atoms with Crippen molar-refractivity contribution in [3.8, 4) is 0 Å². The lowest BCUT2D eigenvalue weighted by Gasteiger charge is -2.24. The fourth-order valence-electron chi connectivity index (χ4n) is 1.08. The van der Waals surface area contributed by atoms with Crippen molar-refractivity contribution in [2.75, 3.05) is 0 Å². The molecule has 17 heavy (non-hydrogen) atoms. The maximum atomic E-state index is 11.9. The second kappa shape index (κ2) is 5.13. The first kappa shape index (κ1) is 13.4. The van der Waals surface area contributed by atoms with Crippen LogP contribution in [0.15, 0.2) is 28.0 Å². The van der Waals surface area contributed by atoms with Crippen LogP contribution in [-0.2, 0) is 0 Å². The van der Waals surface area contributed by atoms with Crippen LogP contribution in [0.2, 0.25) is 0 Å². The molecule has 1 heterocycles. The number of nitrogens with zero attached hydrogens (tertiary/aromatic N) is 2. The number of rotatable bonds is 3. The summed E-state index contributed by atoms with van der Waals surface area (Å²) in [4.78, 5) is 15.9. The summed E-state index contributed by atoms with van der Waals surface area (Å²) in [6.45, 7) is 3.24. The van der Waals surface area contributed by atoms with Gasteiger partial charge in [-0.3, -0.25) is 4.79 Å². The second-order valence-corrected chi connectivity index (χ2v) is 4.75. The van der Waals surface area contributed by atoms with E-state index >= 15 is 0 Å². The lowest BCUT2D eigenvalue weighted by molar-refractivity contribution is 0.0925. The van der Waals surface area contributed by atoms with Crippen LogP contribution in [-0.4, -0.2) is 27.5 Å². The highest BCUT2D eigenvalue weighted by Gasteiger charge is 2.27. The van der Waals surface area contributed by atoms with Crippen LogP contribution in [0, 0.1) is 0 Å². The summed E-state index contributed by atoms with van der Waals surface area (Å²) < 4.78 is 0.577. The van der Waals surface area contributed by atoms with E-state index in [9.17, 15) is 4.79 Å². The van der Waals surface area contributed by atoms with Gasteiger partial charge in [0.25, 0.3) is 5.91 Å². The minimum atomic E-state index is -0.956. The van der Waals surface area contributed by atoms with Gasteiger partial charge in [0.1, 0.15) is 5.69 Å². The Kier molecular flexibility index (Phi) is 4.06. The number of nitrogens with one attached hydrogen (secondary N) is 1. The van der Waals surface area contributed by atoms with E-state index in [2.05, 4.69) is 31.4 Å². The molecule has 0 aromatic carbocycles. The van der Waals surface area contributed by atoms with Gasteiger partial charge in [0, 0.05) is 10.7 Å². The van der Waals surface area contributed by atoms with Gasteiger partial charge in [-0.15, -0.1) is 0 Å². The van der Waals surface area contributed by atoms with Gasteiger partial charge in [-0.2, -0.15) is 0 Å². The molecule has 0 saturated heterocycles. The topological polar surface area (TPSA) is 101 Å². The van der Waals surface area contributed by atoms with Gasteiger partial charge in [0.05, 0.1) is 5.54 Å². The molecule has 0 aliphatic carbocycles. The SMILES string of the molecule is CC(C)(NC(=O)c1ncccc1Br)/C(N)=N/O. The summed E-state index contributed by atoms with van der Waals surface area (Å²) in [5, 5.41) is 14.1. The molecule has 0 radical (unpaired) electrons. The van der Waals surface area contributed by atoms with Crippen LogP contribution in [0.25, 0.3) is 0 Å². The normalized spacial score (nSPS) is 12.3. The van der Waals surface area contributed by atoms with Gasteiger partial charge < -0.3 is 16.3 Å². The number of amidine groups is 1. The van der Waals surface area contributed by atoms with E-state index in [4.69, 9.17) is 10.9 Å². The Labute approximate surface area is 107 Å². The fraction of sp³-hybridized carbons (Fsp3) is 0.300. The van der Waals surface area contributed by atoms with Crippen molar-refractivity contribution in [3.05, 3.63) is 28.5 Å². The van der Waals surface area contributed by atoms with Gasteiger partial charge >= 0.3 is 0 Å². The quantitative estimate of drug-likeness (QED) is 0.337. The molecule has 1 amide bonds. The summed E-state index contributed by atoms with van der Waals surface area (Å²) >= 11 is 3.22. The molecule has 6 nitrogen and oxygen atoms in total. The Morgan fingerprint density at radius 3 is 2.82 bits per heavy atom. The lowest BCUT2D eigenvalue weighted by Crippen LogP contribution is -2.53. The van der Waals surface area contributed by atoms with Crippen molar-refractivity contribution >= 4 is 27.7 Å². The average molecular weight is 301 g/mol. The predicted octanol–water partition coefficient (Wildman–Crippen LogP) is 1.10. The molecule has 0 aliphatic rings. The molecule has 0 aliphatic heterocycles. The molecule has 4 N–H and O–H groups in total. The molecule has 0 atom stereocenters. The van der Waals surface area contributed by atoms with Crippen molar-refractivity contribution in [1.29, 1.82) is 0 Å². The number of nitrogens with two attached hydrogens (primary N) is 1. The minimum Gasteiger partial charge on any atom is -0.409 e. The molecule has 0 fully saturated rings. The minimum absolute atomic E-state index is 0.0853. The van der Waals surface area contributed by atoms with Gasteiger partial charge in [-0.1, -0.05) is 5.16 Å². The van der Waals surface area contributed by atoms with Crippen LogP contribution < -0.4 is 11.1 Å². The third-order valence-corrected chi connectivity index (χ3v) is 2.79. The zero-order chi connectivity index (χ0) is 13.1. The number of aromatic nitrogens is 1. The molecule has 0 saturated carbocycles. The first-order chi connectivity index (χ1) is 7.88. The maximum absolute atomic E-state index is 11.9. The average Bonchev–Trinajstić information content (AvgIpc) is 2.27. The third-order valence-electron chi connectivity index (χ3n) is 2.15. The highest BCUT2D eigenvalue weighted by molar-refractivity contribution is 9.10. The summed E-state index contributed by atoms with van der Waals surface area (Å²) in [5.41, 5.74) is 4.75. The van der Waals surface area contributed by atoms with Gasteiger partial charge in [-0.25, -0.2) is 4.98 Å². The highest BCUT2D eigenvalue weighted by Crippen LogP contribution is 2.14. The summed E-state index contributed by atoms with van der Waals surface area (Å²) in [7, 11) is 0. The molecule has 92 valence electrons. The summed E-state index contributed by atoms with van der Waals surface area (Å²) in [5.74, 6) is -0.494. The smallest absolute Gasteiger partial charge is 0.271 e. The zero-order valence-electron chi connectivity index (χ0n) is 9.44. The monoisotopic (exact) mass is 300 g/mol. The van der Waals surface area contributed by atoms with E-state index in [1.807, 2.05) is 0 Å². The molecule has 7 heteroatoms. The van der Waals surface area contributed by atoms with Crippen LogP contribution in [0.1, 0.15) is 24.3 Å². The number of carbonyl (C=O) groups excluding carboxylic acids is 1. The van der Waals surface area contributed by atoms with E-state index in [1.54, 1.807) is 26.0 Å². The van der Waals surface area contributed by atoms with Crippen LogP contribution in [0.4, 0.5) is 0 Å². The number of hydrogen-bond acceptors (Lipinski definition) is 4. The standard InChI is InChI=1S/C10H13BrN4O2/c1-10(2,9(12)15-17)14-8(16)7-6(11)4-3-5-13-7/h3-5,17H,1-2H3,(H2,12,15)(H,14,16). The van der Waals surface area contributed by atoms with E-state index in [-0.39, 0.29) is 11.5 Å². The molecule has 0 unspecified atom stereocenters. The second-order valence-electron chi connectivity index (χ2n) is 3.90. The molecular weight excluding hydrogens is 288 g/mol. The Balaban J connectivity index is 2.91. The maximum Gasteiger partial charge on any atom is 0.271 e. The number of amides is 1. The molecule has 1 aromatic rings. The van der Waals surface area contributed by atoms with Gasteiger partial charge in [-0.05, 0) is 41.9 Å². The third kappa shape index (κ3) is 3.16. The Morgan fingerprint density at radius 2 is 2.29 bits per heavy atom. The Morgan fingerprint density at radius 1 is 1.65 bits per heavy atom. The number of halogens is 1. The van der Waals surface area contributed by atoms with Crippen LogP contribution in [0.3, 0.4) is 0 Å². The molecular formula is C10H13BrN4O2. The highest BCUT2D eigenvalue weighted by atomic mass is 79.9. The van der Waals surface area contributed by atoms with E-state index in [1.165, 1.54) is 6.20 Å². The number of oxime groups is 1. The summed E-state index contributed by atoms with van der Waals surface area (Å²) in [6, 6.07) is 3.41. The molecule has 1 aromatic heterocycles. The molecule has 1 rings (SSSR count). The van der Waals surface area contributed by atoms with Crippen LogP contribution >= 0.6 is 15.9 Å². The molecule has 0 bridgehead atoms. The van der Waals surface area contributed by atoms with E-state index in [0.717, 1.165) is 0 Å². The van der Waals surface area contributed by atoms with Crippen molar-refractivity contribution in [3.63, 3.8) is 0 Å². The van der Waals surface area contributed by atoms with Crippen LogP contribution in [0.5, 0.6) is 0 Å². The first-order valence-electron chi connectivity index (χ1n) is 4.79. The zero-order valence-corrected chi connectivity index (χ0v) is 11.0. The molecule has 0 spiro atoms. The van der Waals surface area contributed by atoms with E-state index < -0.39 is 11.4 Å². The van der Waals surface area contributed by atoms with E-state index in [0.29, 0.717) is 4.47 Å². The van der Waals surface area contributed by atoms with Gasteiger partial charge in [0.15, 0.2) is 5.84 Å². The number of pyridine rings is 1. The van der Waals surface area contributed by atoms with Crippen molar-refractivity contribution in [1.82, 2.24) is 10.3 Å². The first-order valence-corrected chi connectivity index (χ1v) is 5.59. The largest absolute Gasteiger partial charge is 0.409 e. The Bertz CT molecular complexity index is 459. The number of carbonyl (C=O) groups is 1. The van der Waals surface area contributed by atoms with Gasteiger partial charge in [0.2, 0.25) is 0 Å². The van der Waals surface area contributed by atoms with Crippen molar-refractivity contribution in [2.45, 2.75) is 19.4 Å². The number of hydrogen-bond donors (Lipinski definition) is 3. The fourth-order valence-corrected chi connectivity index (χ4v) is 1.52. The summed E-state index contributed by atoms with van der Waals surface area (Å²) in [6.07, 6.45) is 1.51.